The maximum Gasteiger partial charge on any atom is 0.229 e. The lowest BCUT2D eigenvalue weighted by Crippen LogP contribution is -2.31. The first-order valence-electron chi connectivity index (χ1n) is 5.40. The fourth-order valence-electron chi connectivity index (χ4n) is 1.03. The summed E-state index contributed by atoms with van der Waals surface area (Å²) in [5.41, 5.74) is -0.0613. The lowest BCUT2D eigenvalue weighted by Gasteiger charge is -2.24. The predicted octanol–water partition coefficient (Wildman–Crippen LogP) is 2.56. The van der Waals surface area contributed by atoms with Gasteiger partial charge in [-0.25, -0.2) is 0 Å². The molecule has 2 N–H and O–H groups in total. The molecule has 0 spiro atoms. The minimum Gasteiger partial charge on any atom is -0.354 e. The zero-order chi connectivity index (χ0) is 12.2. The molecule has 0 aliphatic carbocycles. The first-order valence-corrected chi connectivity index (χ1v) is 5.78. The SMILES string of the molecule is CCNc1nc(Cl)nc(NC(C)(C)CC)n1. The summed E-state index contributed by atoms with van der Waals surface area (Å²) in [5.74, 6) is 1.000. The Kier molecular flexibility index (Phi) is 4.29. The van der Waals surface area contributed by atoms with E-state index in [9.17, 15) is 0 Å². The van der Waals surface area contributed by atoms with Crippen LogP contribution in [0.3, 0.4) is 0 Å². The molecule has 0 amide bonds. The Morgan fingerprint density at radius 3 is 2.31 bits per heavy atom. The maximum atomic E-state index is 5.82. The summed E-state index contributed by atoms with van der Waals surface area (Å²) in [6.45, 7) is 8.98. The molecule has 0 fully saturated rings. The molecule has 0 bridgehead atoms. The van der Waals surface area contributed by atoms with E-state index in [2.05, 4.69) is 46.4 Å². The molecule has 1 aromatic heterocycles. The van der Waals surface area contributed by atoms with Crippen molar-refractivity contribution < 1.29 is 0 Å². The van der Waals surface area contributed by atoms with Crippen molar-refractivity contribution in [3.8, 4) is 0 Å². The molecule has 1 aromatic rings. The molecular weight excluding hydrogens is 226 g/mol. The van der Waals surface area contributed by atoms with Crippen molar-refractivity contribution in [3.63, 3.8) is 0 Å². The molecule has 0 aromatic carbocycles. The summed E-state index contributed by atoms with van der Waals surface area (Å²) in [4.78, 5) is 12.2. The topological polar surface area (TPSA) is 62.7 Å². The van der Waals surface area contributed by atoms with Crippen LogP contribution >= 0.6 is 11.6 Å². The Bertz CT molecular complexity index is 353. The number of anilines is 2. The van der Waals surface area contributed by atoms with Crippen LogP contribution in [0.2, 0.25) is 5.28 Å². The molecular formula is C10H18ClN5. The fourth-order valence-corrected chi connectivity index (χ4v) is 1.19. The molecule has 6 heteroatoms. The highest BCUT2D eigenvalue weighted by Crippen LogP contribution is 2.16. The van der Waals surface area contributed by atoms with Crippen molar-refractivity contribution in [1.29, 1.82) is 0 Å². The van der Waals surface area contributed by atoms with Gasteiger partial charge in [0.2, 0.25) is 17.2 Å². The van der Waals surface area contributed by atoms with Crippen LogP contribution in [-0.4, -0.2) is 27.0 Å². The second-order valence-electron chi connectivity index (χ2n) is 4.14. The van der Waals surface area contributed by atoms with Gasteiger partial charge < -0.3 is 10.6 Å². The average molecular weight is 244 g/mol. The number of nitrogens with zero attached hydrogens (tertiary/aromatic N) is 3. The number of nitrogens with one attached hydrogen (secondary N) is 2. The molecule has 1 heterocycles. The van der Waals surface area contributed by atoms with Crippen molar-refractivity contribution in [2.75, 3.05) is 17.2 Å². The maximum absolute atomic E-state index is 5.82. The number of hydrogen-bond acceptors (Lipinski definition) is 5. The highest BCUT2D eigenvalue weighted by atomic mass is 35.5. The Labute approximate surface area is 101 Å². The molecule has 0 saturated heterocycles. The first-order chi connectivity index (χ1) is 7.46. The molecule has 0 saturated carbocycles. The summed E-state index contributed by atoms with van der Waals surface area (Å²) < 4.78 is 0. The minimum absolute atomic E-state index is 0.0613. The third-order valence-corrected chi connectivity index (χ3v) is 2.45. The zero-order valence-electron chi connectivity index (χ0n) is 10.1. The van der Waals surface area contributed by atoms with Gasteiger partial charge in [0.1, 0.15) is 0 Å². The van der Waals surface area contributed by atoms with Crippen LogP contribution in [0.1, 0.15) is 34.1 Å². The van der Waals surface area contributed by atoms with E-state index in [0.29, 0.717) is 11.9 Å². The van der Waals surface area contributed by atoms with Gasteiger partial charge in [-0.2, -0.15) is 15.0 Å². The molecule has 16 heavy (non-hydrogen) atoms. The van der Waals surface area contributed by atoms with Crippen molar-refractivity contribution in [3.05, 3.63) is 5.28 Å². The van der Waals surface area contributed by atoms with E-state index >= 15 is 0 Å². The van der Waals surface area contributed by atoms with Crippen LogP contribution < -0.4 is 10.6 Å². The lowest BCUT2D eigenvalue weighted by molar-refractivity contribution is 0.541. The van der Waals surface area contributed by atoms with Crippen LogP contribution in [0, 0.1) is 0 Å². The monoisotopic (exact) mass is 243 g/mol. The summed E-state index contributed by atoms with van der Waals surface area (Å²) >= 11 is 5.82. The largest absolute Gasteiger partial charge is 0.354 e. The molecule has 1 rings (SSSR count). The molecule has 0 unspecified atom stereocenters. The minimum atomic E-state index is -0.0613. The van der Waals surface area contributed by atoms with E-state index in [1.165, 1.54) is 0 Å². The quantitative estimate of drug-likeness (QED) is 0.832. The van der Waals surface area contributed by atoms with Gasteiger partial charge in [-0.05, 0) is 38.8 Å². The van der Waals surface area contributed by atoms with E-state index in [0.717, 1.165) is 13.0 Å². The molecule has 0 aliphatic rings. The standard InChI is InChI=1S/C10H18ClN5/c1-5-10(3,4)16-9-14-7(11)13-8(15-9)12-6-2/h5-6H2,1-4H3,(H2,12,13,14,15,16). The fraction of sp³-hybridized carbons (Fsp3) is 0.700. The molecule has 0 atom stereocenters. The van der Waals surface area contributed by atoms with Crippen molar-refractivity contribution in [2.24, 2.45) is 0 Å². The van der Waals surface area contributed by atoms with Crippen LogP contribution in [-0.2, 0) is 0 Å². The summed E-state index contributed by atoms with van der Waals surface area (Å²) in [5, 5.41) is 6.42. The smallest absolute Gasteiger partial charge is 0.229 e. The number of rotatable bonds is 5. The Balaban J connectivity index is 2.87. The van der Waals surface area contributed by atoms with Gasteiger partial charge in [-0.15, -0.1) is 0 Å². The summed E-state index contributed by atoms with van der Waals surface area (Å²) in [6, 6.07) is 0. The van der Waals surface area contributed by atoms with Gasteiger partial charge in [-0.3, -0.25) is 0 Å². The van der Waals surface area contributed by atoms with Gasteiger partial charge in [0, 0.05) is 12.1 Å². The number of halogens is 1. The van der Waals surface area contributed by atoms with E-state index in [1.54, 1.807) is 0 Å². The van der Waals surface area contributed by atoms with E-state index in [-0.39, 0.29) is 10.8 Å². The van der Waals surface area contributed by atoms with Crippen molar-refractivity contribution >= 4 is 23.5 Å². The van der Waals surface area contributed by atoms with Crippen LogP contribution in [0.25, 0.3) is 0 Å². The third-order valence-electron chi connectivity index (χ3n) is 2.28. The Hall–Kier alpha value is -1.10. The van der Waals surface area contributed by atoms with E-state index in [1.807, 2.05) is 6.92 Å². The average Bonchev–Trinajstić information content (AvgIpc) is 2.16. The summed E-state index contributed by atoms with van der Waals surface area (Å²) in [7, 11) is 0. The highest BCUT2D eigenvalue weighted by molar-refractivity contribution is 6.28. The van der Waals surface area contributed by atoms with E-state index < -0.39 is 0 Å². The van der Waals surface area contributed by atoms with Crippen LogP contribution in [0.5, 0.6) is 0 Å². The summed E-state index contributed by atoms with van der Waals surface area (Å²) in [6.07, 6.45) is 0.965. The zero-order valence-corrected chi connectivity index (χ0v) is 10.9. The first kappa shape index (κ1) is 13.0. The van der Waals surface area contributed by atoms with Gasteiger partial charge in [0.15, 0.2) is 0 Å². The second kappa shape index (κ2) is 5.30. The second-order valence-corrected chi connectivity index (χ2v) is 4.48. The van der Waals surface area contributed by atoms with Crippen molar-refractivity contribution in [1.82, 2.24) is 15.0 Å². The molecule has 0 radical (unpaired) electrons. The number of hydrogen-bond donors (Lipinski definition) is 2. The van der Waals surface area contributed by atoms with Gasteiger partial charge in [0.25, 0.3) is 0 Å². The van der Waals surface area contributed by atoms with Crippen LogP contribution in [0.4, 0.5) is 11.9 Å². The lowest BCUT2D eigenvalue weighted by atomic mass is 10.0. The Morgan fingerprint density at radius 1 is 1.12 bits per heavy atom. The molecule has 90 valence electrons. The molecule has 5 nitrogen and oxygen atoms in total. The molecule has 0 aliphatic heterocycles. The third kappa shape index (κ3) is 3.81. The highest BCUT2D eigenvalue weighted by Gasteiger charge is 2.16. The van der Waals surface area contributed by atoms with Gasteiger partial charge in [0.05, 0.1) is 0 Å². The number of aromatic nitrogens is 3. The van der Waals surface area contributed by atoms with Crippen LogP contribution in [0.15, 0.2) is 0 Å². The van der Waals surface area contributed by atoms with E-state index in [4.69, 9.17) is 11.6 Å². The van der Waals surface area contributed by atoms with Gasteiger partial charge in [-0.1, -0.05) is 6.92 Å². The van der Waals surface area contributed by atoms with Gasteiger partial charge >= 0.3 is 0 Å². The predicted molar refractivity (Wildman–Crippen MR) is 67.0 cm³/mol. The normalized spacial score (nSPS) is 11.3. The Morgan fingerprint density at radius 2 is 1.75 bits per heavy atom. The van der Waals surface area contributed by atoms with Crippen molar-refractivity contribution in [2.45, 2.75) is 39.7 Å².